The van der Waals surface area contributed by atoms with Gasteiger partial charge in [0.05, 0.1) is 0 Å². The molecule has 0 saturated heterocycles. The molecule has 0 radical (unpaired) electrons. The summed E-state index contributed by atoms with van der Waals surface area (Å²) in [6, 6.07) is 0. The minimum absolute atomic E-state index is 0.457. The molecule has 0 amide bonds. The molecule has 2 aliphatic rings. The third-order valence-corrected chi connectivity index (χ3v) is 6.98. The lowest BCUT2D eigenvalue weighted by molar-refractivity contribution is 0.361. The largest absolute Gasteiger partial charge is 0.0838 e. The summed E-state index contributed by atoms with van der Waals surface area (Å²) in [5.74, 6) is 0. The van der Waals surface area contributed by atoms with E-state index < -0.39 is 0 Å². The molecule has 0 aromatic rings. The molecule has 2 heteroatoms. The van der Waals surface area contributed by atoms with E-state index in [-0.39, 0.29) is 0 Å². The first-order valence-electron chi connectivity index (χ1n) is 4.54. The van der Waals surface area contributed by atoms with Crippen LogP contribution in [0.1, 0.15) is 44.9 Å². The molecule has 0 N–H and O–H groups in total. The van der Waals surface area contributed by atoms with Crippen molar-refractivity contribution in [2.24, 2.45) is 0 Å². The monoisotopic (exact) mass is 280 g/mol. The summed E-state index contributed by atoms with van der Waals surface area (Å²) >= 11 is 7.86. The maximum Gasteiger partial charge on any atom is 0.0410 e. The van der Waals surface area contributed by atoms with Gasteiger partial charge in [0.2, 0.25) is 0 Å². The average molecular weight is 282 g/mol. The zero-order chi connectivity index (χ0) is 7.95. The Kier molecular flexibility index (Phi) is 2.12. The molecule has 0 aromatic heterocycles. The first-order chi connectivity index (χ1) is 5.16. The van der Waals surface area contributed by atoms with Crippen LogP contribution < -0.4 is 0 Å². The van der Waals surface area contributed by atoms with Crippen molar-refractivity contribution in [1.82, 2.24) is 0 Å². The quantitative estimate of drug-likeness (QED) is 0.589. The number of hydrogen-bond donors (Lipinski definition) is 0. The highest BCUT2D eigenvalue weighted by molar-refractivity contribution is 9.13. The van der Waals surface area contributed by atoms with Gasteiger partial charge in [-0.25, -0.2) is 0 Å². The van der Waals surface area contributed by atoms with Crippen LogP contribution in [0.2, 0.25) is 0 Å². The van der Waals surface area contributed by atoms with Gasteiger partial charge in [0, 0.05) is 8.65 Å². The van der Waals surface area contributed by atoms with Gasteiger partial charge >= 0.3 is 0 Å². The van der Waals surface area contributed by atoms with Gasteiger partial charge in [-0.1, -0.05) is 51.1 Å². The topological polar surface area (TPSA) is 0 Å². The molecule has 2 saturated carbocycles. The molecule has 2 fully saturated rings. The summed E-state index contributed by atoms with van der Waals surface area (Å²) in [7, 11) is 0. The first kappa shape index (κ1) is 8.55. The summed E-state index contributed by atoms with van der Waals surface area (Å²) in [5.41, 5.74) is 0. The first-order valence-corrected chi connectivity index (χ1v) is 6.13. The van der Waals surface area contributed by atoms with E-state index in [2.05, 4.69) is 31.9 Å². The van der Waals surface area contributed by atoms with Gasteiger partial charge in [-0.2, -0.15) is 0 Å². The fraction of sp³-hybridized carbons (Fsp3) is 1.00. The summed E-state index contributed by atoms with van der Waals surface area (Å²) in [6.45, 7) is 0. The van der Waals surface area contributed by atoms with E-state index >= 15 is 0 Å². The molecular formula is C9H14Br2. The van der Waals surface area contributed by atoms with E-state index in [4.69, 9.17) is 0 Å². The highest BCUT2D eigenvalue weighted by atomic mass is 79.9. The molecule has 0 aliphatic heterocycles. The summed E-state index contributed by atoms with van der Waals surface area (Å²) in [5, 5.41) is 0. The molecule has 2 atom stereocenters. The Morgan fingerprint density at radius 1 is 0.636 bits per heavy atom. The number of halogens is 2. The summed E-state index contributed by atoms with van der Waals surface area (Å²) in [6.07, 6.45) is 9.72. The van der Waals surface area contributed by atoms with Crippen molar-refractivity contribution >= 4 is 31.9 Å². The van der Waals surface area contributed by atoms with E-state index in [0.29, 0.717) is 8.65 Å². The molecule has 2 aliphatic carbocycles. The number of fused-ring (bicyclic) bond motifs is 1. The molecule has 0 bridgehead atoms. The second-order valence-corrected chi connectivity index (χ2v) is 7.03. The van der Waals surface area contributed by atoms with Crippen molar-refractivity contribution in [2.75, 3.05) is 0 Å². The van der Waals surface area contributed by atoms with Crippen LogP contribution in [-0.2, 0) is 0 Å². The Bertz CT molecular complexity index is 151. The van der Waals surface area contributed by atoms with E-state index in [1.165, 1.54) is 44.9 Å². The lowest BCUT2D eigenvalue weighted by atomic mass is 9.81. The van der Waals surface area contributed by atoms with Crippen molar-refractivity contribution in [3.63, 3.8) is 0 Å². The minimum atomic E-state index is 0.457. The van der Waals surface area contributed by atoms with Gasteiger partial charge in [-0.15, -0.1) is 0 Å². The molecule has 11 heavy (non-hydrogen) atoms. The SMILES string of the molecule is Br[C@]12CCCC[C@]1(Br)CCC2. The normalized spacial score (nSPS) is 50.7. The van der Waals surface area contributed by atoms with Crippen LogP contribution in [0.3, 0.4) is 0 Å². The summed E-state index contributed by atoms with van der Waals surface area (Å²) in [4.78, 5) is 0. The van der Waals surface area contributed by atoms with Gasteiger partial charge in [-0.3, -0.25) is 0 Å². The predicted octanol–water partition coefficient (Wildman–Crippen LogP) is 4.01. The molecule has 2 rings (SSSR count). The fourth-order valence-corrected chi connectivity index (χ4v) is 4.52. The molecule has 0 unspecified atom stereocenters. The Balaban J connectivity index is 2.24. The Morgan fingerprint density at radius 2 is 1.00 bits per heavy atom. The number of hydrogen-bond acceptors (Lipinski definition) is 0. The average Bonchev–Trinajstić information content (AvgIpc) is 2.25. The van der Waals surface area contributed by atoms with E-state index in [1.807, 2.05) is 0 Å². The van der Waals surface area contributed by atoms with Crippen LogP contribution in [0, 0.1) is 0 Å². The van der Waals surface area contributed by atoms with Gasteiger partial charge in [0.25, 0.3) is 0 Å². The predicted molar refractivity (Wildman–Crippen MR) is 55.6 cm³/mol. The second kappa shape index (κ2) is 2.73. The zero-order valence-corrected chi connectivity index (χ0v) is 9.88. The smallest absolute Gasteiger partial charge is 0.0410 e. The highest BCUT2D eigenvalue weighted by Crippen LogP contribution is 2.58. The zero-order valence-electron chi connectivity index (χ0n) is 6.71. The fourth-order valence-electron chi connectivity index (χ4n) is 2.61. The van der Waals surface area contributed by atoms with E-state index in [9.17, 15) is 0 Å². The van der Waals surface area contributed by atoms with Crippen molar-refractivity contribution < 1.29 is 0 Å². The minimum Gasteiger partial charge on any atom is -0.0838 e. The number of rotatable bonds is 0. The Labute approximate surface area is 85.4 Å². The van der Waals surface area contributed by atoms with Crippen molar-refractivity contribution in [1.29, 1.82) is 0 Å². The molecule has 0 nitrogen and oxygen atoms in total. The van der Waals surface area contributed by atoms with Gasteiger partial charge in [-0.05, 0) is 25.7 Å². The third kappa shape index (κ3) is 1.21. The lowest BCUT2D eigenvalue weighted by Gasteiger charge is -2.41. The van der Waals surface area contributed by atoms with Crippen LogP contribution in [0.5, 0.6) is 0 Å². The molecule has 0 aromatic carbocycles. The third-order valence-electron chi connectivity index (χ3n) is 3.35. The van der Waals surface area contributed by atoms with Crippen LogP contribution in [0.15, 0.2) is 0 Å². The van der Waals surface area contributed by atoms with Crippen LogP contribution >= 0.6 is 31.9 Å². The maximum absolute atomic E-state index is 3.93. The lowest BCUT2D eigenvalue weighted by Crippen LogP contribution is -2.42. The Morgan fingerprint density at radius 3 is 1.45 bits per heavy atom. The summed E-state index contributed by atoms with van der Waals surface area (Å²) < 4.78 is 0.913. The maximum atomic E-state index is 3.93. The molecule has 0 heterocycles. The van der Waals surface area contributed by atoms with Crippen molar-refractivity contribution in [2.45, 2.75) is 53.6 Å². The van der Waals surface area contributed by atoms with Gasteiger partial charge in [0.15, 0.2) is 0 Å². The van der Waals surface area contributed by atoms with Crippen LogP contribution in [0.25, 0.3) is 0 Å². The molecular weight excluding hydrogens is 268 g/mol. The van der Waals surface area contributed by atoms with Crippen LogP contribution in [-0.4, -0.2) is 8.65 Å². The second-order valence-electron chi connectivity index (χ2n) is 3.99. The van der Waals surface area contributed by atoms with Gasteiger partial charge in [0.1, 0.15) is 0 Å². The molecule has 0 spiro atoms. The standard InChI is InChI=1S/C9H14Br2/c10-8-4-1-2-5-9(8,11)7-3-6-8/h1-7H2/t8-,9-/m0/s1. The van der Waals surface area contributed by atoms with E-state index in [1.54, 1.807) is 0 Å². The van der Waals surface area contributed by atoms with Crippen molar-refractivity contribution in [3.05, 3.63) is 0 Å². The van der Waals surface area contributed by atoms with Gasteiger partial charge < -0.3 is 0 Å². The Hall–Kier alpha value is 0.960. The van der Waals surface area contributed by atoms with Crippen LogP contribution in [0.4, 0.5) is 0 Å². The number of alkyl halides is 2. The highest BCUT2D eigenvalue weighted by Gasteiger charge is 2.52. The molecule has 64 valence electrons. The van der Waals surface area contributed by atoms with Crippen molar-refractivity contribution in [3.8, 4) is 0 Å². The van der Waals surface area contributed by atoms with E-state index in [0.717, 1.165) is 0 Å².